The van der Waals surface area contributed by atoms with Crippen LogP contribution in [0.5, 0.6) is 0 Å². The van der Waals surface area contributed by atoms with Gasteiger partial charge in [-0.1, -0.05) is 6.42 Å². The van der Waals surface area contributed by atoms with E-state index < -0.39 is 0 Å². The first-order valence-electron chi connectivity index (χ1n) is 6.59. The molecule has 0 amide bonds. The zero-order chi connectivity index (χ0) is 12.4. The van der Waals surface area contributed by atoms with Crippen molar-refractivity contribution in [2.24, 2.45) is 0 Å². The fourth-order valence-electron chi connectivity index (χ4n) is 2.70. The molecule has 0 aliphatic carbocycles. The van der Waals surface area contributed by atoms with Gasteiger partial charge in [0.05, 0.1) is 25.8 Å². The highest BCUT2D eigenvalue weighted by atomic mass is 16.7. The van der Waals surface area contributed by atoms with Gasteiger partial charge in [-0.2, -0.15) is 0 Å². The van der Waals surface area contributed by atoms with Crippen LogP contribution in [-0.2, 0) is 16.0 Å². The summed E-state index contributed by atoms with van der Waals surface area (Å²) in [5.41, 5.74) is 0. The fraction of sp³-hybridized carbons (Fsp3) is 0.833. The molecule has 0 bridgehead atoms. The third kappa shape index (κ3) is 2.55. The first kappa shape index (κ1) is 12.1. The maximum Gasteiger partial charge on any atom is 0.230 e. The van der Waals surface area contributed by atoms with Crippen LogP contribution in [0.15, 0.2) is 4.42 Å². The minimum atomic E-state index is -0.0886. The normalized spacial score (nSPS) is 26.8. The molecule has 100 valence electrons. The predicted molar refractivity (Wildman–Crippen MR) is 62.8 cm³/mol. The fourth-order valence-corrected chi connectivity index (χ4v) is 2.70. The highest BCUT2D eigenvalue weighted by molar-refractivity contribution is 4.86. The summed E-state index contributed by atoms with van der Waals surface area (Å²) in [5.74, 6) is 1.30. The van der Waals surface area contributed by atoms with Crippen molar-refractivity contribution in [2.75, 3.05) is 19.8 Å². The van der Waals surface area contributed by atoms with Gasteiger partial charge in [0, 0.05) is 6.92 Å². The Morgan fingerprint density at radius 2 is 2.06 bits per heavy atom. The quantitative estimate of drug-likeness (QED) is 0.804. The zero-order valence-electron chi connectivity index (χ0n) is 10.7. The van der Waals surface area contributed by atoms with Gasteiger partial charge in [-0.05, 0) is 19.4 Å². The average Bonchev–Trinajstić information content (AvgIpc) is 3.02. The molecule has 1 aromatic rings. The Bertz CT molecular complexity index is 390. The predicted octanol–water partition coefficient (Wildman–Crippen LogP) is 1.11. The molecular formula is C12H19N3O3. The number of hydrogen-bond donors (Lipinski definition) is 0. The lowest BCUT2D eigenvalue weighted by atomic mass is 10.0. The van der Waals surface area contributed by atoms with Gasteiger partial charge in [-0.25, -0.2) is 0 Å². The van der Waals surface area contributed by atoms with Crippen molar-refractivity contribution < 1.29 is 13.9 Å². The van der Waals surface area contributed by atoms with Crippen molar-refractivity contribution in [3.05, 3.63) is 11.8 Å². The van der Waals surface area contributed by atoms with E-state index in [-0.39, 0.29) is 6.29 Å². The molecule has 3 heterocycles. The van der Waals surface area contributed by atoms with Crippen LogP contribution >= 0.6 is 0 Å². The van der Waals surface area contributed by atoms with Gasteiger partial charge in [0.25, 0.3) is 0 Å². The maximum atomic E-state index is 5.64. The highest BCUT2D eigenvalue weighted by Gasteiger charge is 2.34. The summed E-state index contributed by atoms with van der Waals surface area (Å²) in [6, 6.07) is 0.313. The third-order valence-corrected chi connectivity index (χ3v) is 3.53. The second-order valence-corrected chi connectivity index (χ2v) is 4.86. The van der Waals surface area contributed by atoms with Crippen molar-refractivity contribution >= 4 is 0 Å². The van der Waals surface area contributed by atoms with Gasteiger partial charge >= 0.3 is 0 Å². The molecule has 6 heteroatoms. The van der Waals surface area contributed by atoms with Gasteiger partial charge in [-0.3, -0.25) is 4.90 Å². The number of piperidine rings is 1. The van der Waals surface area contributed by atoms with Crippen LogP contribution in [0.4, 0.5) is 0 Å². The molecule has 0 aromatic carbocycles. The number of rotatable bonds is 3. The number of aromatic nitrogens is 2. The van der Waals surface area contributed by atoms with E-state index in [1.165, 1.54) is 12.8 Å². The zero-order valence-corrected chi connectivity index (χ0v) is 10.7. The Kier molecular flexibility index (Phi) is 3.58. The molecule has 2 aliphatic rings. The molecule has 2 saturated heterocycles. The Labute approximate surface area is 106 Å². The highest BCUT2D eigenvalue weighted by Crippen LogP contribution is 2.25. The summed E-state index contributed by atoms with van der Waals surface area (Å²) in [5, 5.41) is 7.93. The van der Waals surface area contributed by atoms with Gasteiger partial charge in [0.1, 0.15) is 0 Å². The van der Waals surface area contributed by atoms with E-state index in [4.69, 9.17) is 13.9 Å². The lowest BCUT2D eigenvalue weighted by Crippen LogP contribution is -2.46. The molecule has 6 nitrogen and oxygen atoms in total. The smallest absolute Gasteiger partial charge is 0.230 e. The van der Waals surface area contributed by atoms with Crippen LogP contribution in [0, 0.1) is 6.92 Å². The standard InChI is InChI=1S/C12H19N3O3/c1-9-13-14-11(18-9)8-15-5-3-2-4-10(15)12-16-6-7-17-12/h10,12H,2-8H2,1H3. The Morgan fingerprint density at radius 3 is 2.78 bits per heavy atom. The van der Waals surface area contributed by atoms with Crippen LogP contribution < -0.4 is 0 Å². The molecule has 1 aromatic heterocycles. The van der Waals surface area contributed by atoms with E-state index in [9.17, 15) is 0 Å². The summed E-state index contributed by atoms with van der Waals surface area (Å²) in [7, 11) is 0. The summed E-state index contributed by atoms with van der Waals surface area (Å²) < 4.78 is 16.7. The van der Waals surface area contributed by atoms with E-state index >= 15 is 0 Å². The molecule has 1 atom stereocenters. The van der Waals surface area contributed by atoms with Crippen molar-refractivity contribution in [3.63, 3.8) is 0 Å². The number of ether oxygens (including phenoxy) is 2. The van der Waals surface area contributed by atoms with Crippen LogP contribution in [0.25, 0.3) is 0 Å². The molecule has 2 aliphatic heterocycles. The number of aryl methyl sites for hydroxylation is 1. The van der Waals surface area contributed by atoms with E-state index in [0.29, 0.717) is 37.6 Å². The minimum Gasteiger partial charge on any atom is -0.424 e. The van der Waals surface area contributed by atoms with E-state index in [1.807, 2.05) is 6.92 Å². The van der Waals surface area contributed by atoms with Gasteiger partial charge in [-0.15, -0.1) is 10.2 Å². The topological polar surface area (TPSA) is 60.6 Å². The third-order valence-electron chi connectivity index (χ3n) is 3.53. The van der Waals surface area contributed by atoms with Gasteiger partial charge in [0.15, 0.2) is 6.29 Å². The molecule has 18 heavy (non-hydrogen) atoms. The van der Waals surface area contributed by atoms with Crippen LogP contribution in [0.1, 0.15) is 31.0 Å². The Morgan fingerprint density at radius 1 is 1.22 bits per heavy atom. The summed E-state index contributed by atoms with van der Waals surface area (Å²) in [6.07, 6.45) is 3.45. The molecule has 1 unspecified atom stereocenters. The molecule has 0 spiro atoms. The van der Waals surface area contributed by atoms with Crippen molar-refractivity contribution in [1.82, 2.24) is 15.1 Å². The second-order valence-electron chi connectivity index (χ2n) is 4.86. The van der Waals surface area contributed by atoms with Crippen LogP contribution in [0.2, 0.25) is 0 Å². The summed E-state index contributed by atoms with van der Waals surface area (Å²) >= 11 is 0. The van der Waals surface area contributed by atoms with E-state index in [1.54, 1.807) is 0 Å². The van der Waals surface area contributed by atoms with Crippen molar-refractivity contribution in [3.8, 4) is 0 Å². The second kappa shape index (κ2) is 5.34. The summed E-state index contributed by atoms with van der Waals surface area (Å²) in [6.45, 7) is 4.95. The van der Waals surface area contributed by atoms with E-state index in [0.717, 1.165) is 13.0 Å². The molecule has 0 N–H and O–H groups in total. The van der Waals surface area contributed by atoms with Crippen molar-refractivity contribution in [1.29, 1.82) is 0 Å². The molecule has 3 rings (SSSR count). The molecular weight excluding hydrogens is 234 g/mol. The lowest BCUT2D eigenvalue weighted by Gasteiger charge is -2.37. The van der Waals surface area contributed by atoms with E-state index in [2.05, 4.69) is 15.1 Å². The first-order chi connectivity index (χ1) is 8.83. The Balaban J connectivity index is 1.67. The minimum absolute atomic E-state index is 0.0886. The van der Waals surface area contributed by atoms with Crippen molar-refractivity contribution in [2.45, 2.75) is 45.1 Å². The maximum absolute atomic E-state index is 5.64. The van der Waals surface area contributed by atoms with Gasteiger partial charge < -0.3 is 13.9 Å². The number of hydrogen-bond acceptors (Lipinski definition) is 6. The summed E-state index contributed by atoms with van der Waals surface area (Å²) in [4.78, 5) is 2.34. The molecule has 0 saturated carbocycles. The van der Waals surface area contributed by atoms with Crippen LogP contribution in [-0.4, -0.2) is 47.2 Å². The average molecular weight is 253 g/mol. The van der Waals surface area contributed by atoms with Crippen LogP contribution in [0.3, 0.4) is 0 Å². The first-order valence-corrected chi connectivity index (χ1v) is 6.59. The molecule has 0 radical (unpaired) electrons. The largest absolute Gasteiger partial charge is 0.424 e. The monoisotopic (exact) mass is 253 g/mol. The Hall–Kier alpha value is -0.980. The molecule has 2 fully saturated rings. The number of likely N-dealkylation sites (tertiary alicyclic amines) is 1. The van der Waals surface area contributed by atoms with Gasteiger partial charge in [0.2, 0.25) is 11.8 Å². The lowest BCUT2D eigenvalue weighted by molar-refractivity contribution is -0.112. The SMILES string of the molecule is Cc1nnc(CN2CCCCC2C2OCCO2)o1. The number of nitrogens with zero attached hydrogens (tertiary/aromatic N) is 3.